The molecule has 2 aromatic heterocycles. The molecule has 3 aromatic rings. The van der Waals surface area contributed by atoms with Gasteiger partial charge in [0.05, 0.1) is 11.9 Å². The lowest BCUT2D eigenvalue weighted by atomic mass is 10.0. The number of anilines is 3. The molecule has 0 radical (unpaired) electrons. The molecule has 0 spiro atoms. The van der Waals surface area contributed by atoms with Crippen molar-refractivity contribution < 1.29 is 0 Å². The zero-order valence-corrected chi connectivity index (χ0v) is 15.3. The normalized spacial score (nSPS) is 15.1. The Morgan fingerprint density at radius 2 is 1.67 bits per heavy atom. The van der Waals surface area contributed by atoms with Crippen LogP contribution in [0.1, 0.15) is 0 Å². The van der Waals surface area contributed by atoms with E-state index in [4.69, 9.17) is 11.5 Å². The minimum absolute atomic E-state index is 0.304. The van der Waals surface area contributed by atoms with Crippen LogP contribution in [0.25, 0.3) is 22.5 Å². The second-order valence-corrected chi connectivity index (χ2v) is 6.79. The Balaban J connectivity index is 1.81. The van der Waals surface area contributed by atoms with Gasteiger partial charge in [0.25, 0.3) is 0 Å². The van der Waals surface area contributed by atoms with E-state index >= 15 is 0 Å². The number of piperazine rings is 1. The fourth-order valence-electron chi connectivity index (χ4n) is 3.30. The standard InChI is InChI=1S/C20H23N7/c1-26-8-10-27(11-9-26)18-3-2-15(14-4-6-23-7-5-14)12-16(18)20-24-13-17(21)19(22)25-20/h2-7,12-13H,8-11,21H2,1H3,(H2,22,24,25). The van der Waals surface area contributed by atoms with Gasteiger partial charge in [-0.15, -0.1) is 0 Å². The van der Waals surface area contributed by atoms with Gasteiger partial charge in [0.1, 0.15) is 0 Å². The molecule has 1 saturated heterocycles. The summed E-state index contributed by atoms with van der Waals surface area (Å²) in [6.45, 7) is 3.97. The van der Waals surface area contributed by atoms with Crippen LogP contribution in [0.4, 0.5) is 17.2 Å². The third-order valence-corrected chi connectivity index (χ3v) is 4.94. The van der Waals surface area contributed by atoms with Crippen molar-refractivity contribution in [3.05, 3.63) is 48.9 Å². The minimum Gasteiger partial charge on any atom is -0.394 e. The lowest BCUT2D eigenvalue weighted by molar-refractivity contribution is 0.313. The first-order valence-corrected chi connectivity index (χ1v) is 8.98. The predicted molar refractivity (Wildman–Crippen MR) is 109 cm³/mol. The zero-order valence-electron chi connectivity index (χ0n) is 15.3. The van der Waals surface area contributed by atoms with E-state index in [1.807, 2.05) is 12.1 Å². The molecule has 7 nitrogen and oxygen atoms in total. The molecule has 7 heteroatoms. The average Bonchev–Trinajstić information content (AvgIpc) is 2.71. The van der Waals surface area contributed by atoms with E-state index in [9.17, 15) is 0 Å². The van der Waals surface area contributed by atoms with Crippen LogP contribution in [-0.4, -0.2) is 53.1 Å². The van der Waals surface area contributed by atoms with Crippen molar-refractivity contribution in [2.75, 3.05) is 49.6 Å². The monoisotopic (exact) mass is 361 g/mol. The van der Waals surface area contributed by atoms with Gasteiger partial charge in [-0.25, -0.2) is 9.97 Å². The molecule has 1 fully saturated rings. The van der Waals surface area contributed by atoms with Gasteiger partial charge in [0.15, 0.2) is 11.6 Å². The quantitative estimate of drug-likeness (QED) is 0.737. The van der Waals surface area contributed by atoms with E-state index in [-0.39, 0.29) is 0 Å². The molecular formula is C20H23N7. The maximum Gasteiger partial charge on any atom is 0.163 e. The van der Waals surface area contributed by atoms with Crippen LogP contribution in [0.15, 0.2) is 48.9 Å². The minimum atomic E-state index is 0.304. The predicted octanol–water partition coefficient (Wildman–Crippen LogP) is 2.12. The van der Waals surface area contributed by atoms with Crippen LogP contribution in [0.3, 0.4) is 0 Å². The van der Waals surface area contributed by atoms with Gasteiger partial charge in [-0.1, -0.05) is 6.07 Å². The van der Waals surface area contributed by atoms with E-state index in [1.54, 1.807) is 18.6 Å². The van der Waals surface area contributed by atoms with Gasteiger partial charge in [0.2, 0.25) is 0 Å². The maximum absolute atomic E-state index is 5.95. The number of pyridine rings is 1. The molecular weight excluding hydrogens is 338 g/mol. The van der Waals surface area contributed by atoms with Crippen molar-refractivity contribution in [2.45, 2.75) is 0 Å². The van der Waals surface area contributed by atoms with Crippen LogP contribution < -0.4 is 16.4 Å². The van der Waals surface area contributed by atoms with Crippen LogP contribution in [0, 0.1) is 0 Å². The van der Waals surface area contributed by atoms with Crippen molar-refractivity contribution in [3.63, 3.8) is 0 Å². The Hall–Kier alpha value is -3.19. The van der Waals surface area contributed by atoms with E-state index in [2.05, 4.69) is 50.0 Å². The third-order valence-electron chi connectivity index (χ3n) is 4.94. The van der Waals surface area contributed by atoms with Crippen molar-refractivity contribution in [1.29, 1.82) is 0 Å². The topological polar surface area (TPSA) is 97.2 Å². The zero-order chi connectivity index (χ0) is 18.8. The summed E-state index contributed by atoms with van der Waals surface area (Å²) in [6, 6.07) is 10.4. The molecule has 4 rings (SSSR count). The van der Waals surface area contributed by atoms with E-state index in [0.29, 0.717) is 17.3 Å². The van der Waals surface area contributed by atoms with Crippen LogP contribution in [0.5, 0.6) is 0 Å². The summed E-state index contributed by atoms with van der Waals surface area (Å²) >= 11 is 0. The largest absolute Gasteiger partial charge is 0.394 e. The highest BCUT2D eigenvalue weighted by molar-refractivity contribution is 5.81. The fraction of sp³-hybridized carbons (Fsp3) is 0.250. The van der Waals surface area contributed by atoms with Crippen molar-refractivity contribution >= 4 is 17.2 Å². The molecule has 0 saturated carbocycles. The van der Waals surface area contributed by atoms with Gasteiger partial charge in [0, 0.05) is 49.8 Å². The highest BCUT2D eigenvalue weighted by atomic mass is 15.2. The van der Waals surface area contributed by atoms with E-state index in [1.165, 1.54) is 0 Å². The Kier molecular flexibility index (Phi) is 4.60. The first kappa shape index (κ1) is 17.2. The Labute approximate surface area is 158 Å². The number of benzene rings is 1. The summed E-state index contributed by atoms with van der Waals surface area (Å²) in [6.07, 6.45) is 5.16. The number of nitrogens with zero attached hydrogens (tertiary/aromatic N) is 5. The number of hydrogen-bond acceptors (Lipinski definition) is 7. The SMILES string of the molecule is CN1CCN(c2ccc(-c3ccncc3)cc2-c2ncc(N)c(N)n2)CC1. The number of rotatable bonds is 3. The summed E-state index contributed by atoms with van der Waals surface area (Å²) in [4.78, 5) is 17.7. The van der Waals surface area contributed by atoms with Crippen molar-refractivity contribution in [3.8, 4) is 22.5 Å². The second kappa shape index (κ2) is 7.20. The summed E-state index contributed by atoms with van der Waals surface area (Å²) in [5, 5.41) is 0. The van der Waals surface area contributed by atoms with Crippen LogP contribution in [0.2, 0.25) is 0 Å². The Morgan fingerprint density at radius 1 is 0.926 bits per heavy atom. The molecule has 0 aliphatic carbocycles. The summed E-state index contributed by atoms with van der Waals surface area (Å²) in [5.74, 6) is 0.894. The smallest absolute Gasteiger partial charge is 0.163 e. The van der Waals surface area contributed by atoms with Gasteiger partial charge in [-0.05, 0) is 42.4 Å². The lowest BCUT2D eigenvalue weighted by Crippen LogP contribution is -2.44. The molecule has 0 atom stereocenters. The van der Waals surface area contributed by atoms with E-state index < -0.39 is 0 Å². The number of aromatic nitrogens is 3. The summed E-state index contributed by atoms with van der Waals surface area (Å²) < 4.78 is 0. The third kappa shape index (κ3) is 3.54. The Bertz CT molecular complexity index is 934. The Morgan fingerprint density at radius 3 is 2.37 bits per heavy atom. The molecule has 138 valence electrons. The number of likely N-dealkylation sites (N-methyl/N-ethyl adjacent to an activating group) is 1. The van der Waals surface area contributed by atoms with Crippen molar-refractivity contribution in [2.24, 2.45) is 0 Å². The first-order valence-electron chi connectivity index (χ1n) is 8.98. The average molecular weight is 361 g/mol. The van der Waals surface area contributed by atoms with Gasteiger partial charge in [-0.2, -0.15) is 0 Å². The molecule has 27 heavy (non-hydrogen) atoms. The molecule has 0 unspecified atom stereocenters. The lowest BCUT2D eigenvalue weighted by Gasteiger charge is -2.35. The molecule has 4 N–H and O–H groups in total. The fourth-order valence-corrected chi connectivity index (χ4v) is 3.30. The molecule has 0 bridgehead atoms. The highest BCUT2D eigenvalue weighted by Gasteiger charge is 2.20. The van der Waals surface area contributed by atoms with E-state index in [0.717, 1.165) is 48.6 Å². The van der Waals surface area contributed by atoms with Crippen LogP contribution >= 0.6 is 0 Å². The molecule has 1 aliphatic rings. The molecule has 3 heterocycles. The second-order valence-electron chi connectivity index (χ2n) is 6.79. The van der Waals surface area contributed by atoms with Crippen molar-refractivity contribution in [1.82, 2.24) is 19.9 Å². The van der Waals surface area contributed by atoms with Crippen LogP contribution in [-0.2, 0) is 0 Å². The highest BCUT2D eigenvalue weighted by Crippen LogP contribution is 2.34. The summed E-state index contributed by atoms with van der Waals surface area (Å²) in [7, 11) is 2.15. The molecule has 1 aliphatic heterocycles. The maximum atomic E-state index is 5.95. The van der Waals surface area contributed by atoms with Gasteiger partial charge in [-0.3, -0.25) is 4.98 Å². The number of hydrogen-bond donors (Lipinski definition) is 2. The molecule has 0 amide bonds. The number of nitrogens with two attached hydrogens (primary N) is 2. The molecule has 1 aromatic carbocycles. The van der Waals surface area contributed by atoms with Gasteiger partial charge < -0.3 is 21.3 Å². The van der Waals surface area contributed by atoms with Gasteiger partial charge >= 0.3 is 0 Å². The first-order chi connectivity index (χ1) is 13.1. The number of nitrogen functional groups attached to an aromatic ring is 2. The summed E-state index contributed by atoms with van der Waals surface area (Å²) in [5.41, 5.74) is 16.4.